The molecular weight excluding hydrogens is 240 g/mol. The molecule has 0 bridgehead atoms. The molecule has 1 aromatic heterocycles. The first-order chi connectivity index (χ1) is 9.25. The monoisotopic (exact) mass is 262 g/mol. The third-order valence-electron chi connectivity index (χ3n) is 4.36. The molecule has 2 atom stereocenters. The summed E-state index contributed by atoms with van der Waals surface area (Å²) in [5, 5.41) is 10.8. The van der Waals surface area contributed by atoms with Crippen LogP contribution in [0.5, 0.6) is 0 Å². The van der Waals surface area contributed by atoms with Crippen molar-refractivity contribution in [1.29, 1.82) is 0 Å². The average molecular weight is 262 g/mol. The van der Waals surface area contributed by atoms with E-state index in [1.54, 1.807) is 0 Å². The molecule has 1 amide bonds. The van der Waals surface area contributed by atoms with Crippen LogP contribution in [0.4, 0.5) is 0 Å². The lowest BCUT2D eigenvalue weighted by atomic mass is 9.91. The lowest BCUT2D eigenvalue weighted by molar-refractivity contribution is -0.126. The van der Waals surface area contributed by atoms with Crippen LogP contribution < -0.4 is 10.6 Å². The van der Waals surface area contributed by atoms with Crippen molar-refractivity contribution in [3.63, 3.8) is 0 Å². The van der Waals surface area contributed by atoms with E-state index >= 15 is 0 Å². The van der Waals surface area contributed by atoms with E-state index in [1.165, 1.54) is 11.3 Å². The van der Waals surface area contributed by atoms with Gasteiger partial charge >= 0.3 is 0 Å². The Morgan fingerprint density at radius 3 is 3.16 bits per heavy atom. The smallest absolute Gasteiger partial charge is 0.224 e. The normalized spacial score (nSPS) is 26.8. The Labute approximate surface area is 113 Å². The molecule has 1 aliphatic carbocycles. The minimum Gasteiger partial charge on any atom is -0.349 e. The van der Waals surface area contributed by atoms with E-state index < -0.39 is 0 Å². The number of amides is 1. The Morgan fingerprint density at radius 2 is 2.37 bits per heavy atom. The molecule has 1 fully saturated rings. The molecule has 0 saturated carbocycles. The van der Waals surface area contributed by atoms with E-state index in [0.29, 0.717) is 0 Å². The summed E-state index contributed by atoms with van der Waals surface area (Å²) in [5.74, 6) is 0.338. The predicted octanol–water partition coefficient (Wildman–Crippen LogP) is 0.913. The lowest BCUT2D eigenvalue weighted by Crippen LogP contribution is -2.42. The van der Waals surface area contributed by atoms with Crippen LogP contribution in [0.25, 0.3) is 0 Å². The van der Waals surface area contributed by atoms with Crippen molar-refractivity contribution in [2.75, 3.05) is 13.1 Å². The highest BCUT2D eigenvalue weighted by molar-refractivity contribution is 5.79. The molecule has 2 N–H and O–H groups in total. The third kappa shape index (κ3) is 2.52. The Kier molecular flexibility index (Phi) is 3.55. The summed E-state index contributed by atoms with van der Waals surface area (Å²) in [7, 11) is 1.98. The first-order valence-corrected chi connectivity index (χ1v) is 7.27. The standard InChI is InChI=1S/C14H22N4O/c1-18-13-6-2-5-12(11(13)9-16-18)17-14(19)10-4-3-7-15-8-10/h9-10,12,15H,2-8H2,1H3,(H,17,19). The number of hydrogen-bond acceptors (Lipinski definition) is 3. The summed E-state index contributed by atoms with van der Waals surface area (Å²) in [6.07, 6.45) is 7.25. The number of fused-ring (bicyclic) bond motifs is 1. The minimum atomic E-state index is 0.135. The van der Waals surface area contributed by atoms with Gasteiger partial charge in [-0.1, -0.05) is 0 Å². The van der Waals surface area contributed by atoms with Gasteiger partial charge in [0, 0.05) is 24.8 Å². The fourth-order valence-corrected chi connectivity index (χ4v) is 3.22. The topological polar surface area (TPSA) is 59.0 Å². The zero-order valence-corrected chi connectivity index (χ0v) is 11.5. The van der Waals surface area contributed by atoms with Crippen LogP contribution in [0.3, 0.4) is 0 Å². The van der Waals surface area contributed by atoms with Crippen molar-refractivity contribution >= 4 is 5.91 Å². The molecule has 5 heteroatoms. The second-order valence-electron chi connectivity index (χ2n) is 5.67. The zero-order valence-electron chi connectivity index (χ0n) is 11.5. The number of nitrogens with one attached hydrogen (secondary N) is 2. The highest BCUT2D eigenvalue weighted by Gasteiger charge is 2.28. The molecule has 104 valence electrons. The van der Waals surface area contributed by atoms with Crippen LogP contribution in [0.15, 0.2) is 6.20 Å². The van der Waals surface area contributed by atoms with Crippen LogP contribution in [0, 0.1) is 5.92 Å². The van der Waals surface area contributed by atoms with Gasteiger partial charge < -0.3 is 10.6 Å². The molecule has 2 unspecified atom stereocenters. The van der Waals surface area contributed by atoms with E-state index in [9.17, 15) is 4.79 Å². The van der Waals surface area contributed by atoms with Gasteiger partial charge in [-0.2, -0.15) is 5.10 Å². The van der Waals surface area contributed by atoms with Crippen LogP contribution >= 0.6 is 0 Å². The van der Waals surface area contributed by atoms with Crippen molar-refractivity contribution in [2.24, 2.45) is 13.0 Å². The quantitative estimate of drug-likeness (QED) is 0.833. The molecule has 19 heavy (non-hydrogen) atoms. The number of piperidine rings is 1. The summed E-state index contributed by atoms with van der Waals surface area (Å²) >= 11 is 0. The number of aryl methyl sites for hydroxylation is 1. The SMILES string of the molecule is Cn1ncc2c1CCCC2NC(=O)C1CCCNC1. The fourth-order valence-electron chi connectivity index (χ4n) is 3.22. The molecule has 1 aliphatic heterocycles. The molecular formula is C14H22N4O. The van der Waals surface area contributed by atoms with Crippen molar-refractivity contribution in [2.45, 2.75) is 38.1 Å². The van der Waals surface area contributed by atoms with Gasteiger partial charge in [0.25, 0.3) is 0 Å². The third-order valence-corrected chi connectivity index (χ3v) is 4.36. The number of nitrogens with zero attached hydrogens (tertiary/aromatic N) is 2. The number of carbonyl (C=O) groups excluding carboxylic acids is 1. The van der Waals surface area contributed by atoms with Crippen molar-refractivity contribution in [3.8, 4) is 0 Å². The Hall–Kier alpha value is -1.36. The van der Waals surface area contributed by atoms with Crippen LogP contribution in [0.2, 0.25) is 0 Å². The number of aromatic nitrogens is 2. The maximum atomic E-state index is 12.3. The van der Waals surface area contributed by atoms with Gasteiger partial charge in [-0.05, 0) is 38.6 Å². The van der Waals surface area contributed by atoms with Gasteiger partial charge in [-0.15, -0.1) is 0 Å². The zero-order chi connectivity index (χ0) is 13.2. The maximum Gasteiger partial charge on any atom is 0.224 e. The first-order valence-electron chi connectivity index (χ1n) is 7.27. The van der Waals surface area contributed by atoms with E-state index in [2.05, 4.69) is 15.7 Å². The summed E-state index contributed by atoms with van der Waals surface area (Å²) in [4.78, 5) is 12.3. The van der Waals surface area contributed by atoms with E-state index in [-0.39, 0.29) is 17.9 Å². The van der Waals surface area contributed by atoms with Crippen LogP contribution in [0.1, 0.15) is 43.0 Å². The fraction of sp³-hybridized carbons (Fsp3) is 0.714. The highest BCUT2D eigenvalue weighted by Crippen LogP contribution is 2.29. The van der Waals surface area contributed by atoms with Gasteiger partial charge in [0.05, 0.1) is 18.2 Å². The molecule has 0 spiro atoms. The average Bonchev–Trinajstić information content (AvgIpc) is 2.83. The molecule has 1 aromatic rings. The summed E-state index contributed by atoms with van der Waals surface area (Å²) in [6, 6.07) is 0.159. The molecule has 2 aliphatic rings. The van der Waals surface area contributed by atoms with Crippen molar-refractivity contribution in [1.82, 2.24) is 20.4 Å². The van der Waals surface area contributed by atoms with Crippen LogP contribution in [-0.4, -0.2) is 28.8 Å². The van der Waals surface area contributed by atoms with Gasteiger partial charge in [-0.25, -0.2) is 0 Å². The van der Waals surface area contributed by atoms with Crippen LogP contribution in [-0.2, 0) is 18.3 Å². The van der Waals surface area contributed by atoms with Gasteiger partial charge in [0.1, 0.15) is 0 Å². The molecule has 1 saturated heterocycles. The predicted molar refractivity (Wildman–Crippen MR) is 72.6 cm³/mol. The molecule has 0 aromatic carbocycles. The molecule has 2 heterocycles. The maximum absolute atomic E-state index is 12.3. The van der Waals surface area contributed by atoms with Gasteiger partial charge in [-0.3, -0.25) is 9.48 Å². The number of carbonyl (C=O) groups is 1. The van der Waals surface area contributed by atoms with Gasteiger partial charge in [0.2, 0.25) is 5.91 Å². The lowest BCUT2D eigenvalue weighted by Gasteiger charge is -2.27. The van der Waals surface area contributed by atoms with E-state index in [4.69, 9.17) is 0 Å². The van der Waals surface area contributed by atoms with Gasteiger partial charge in [0.15, 0.2) is 0 Å². The minimum absolute atomic E-state index is 0.135. The summed E-state index contributed by atoms with van der Waals surface area (Å²) in [6.45, 7) is 1.86. The second kappa shape index (κ2) is 5.33. The number of rotatable bonds is 2. The van der Waals surface area contributed by atoms with E-state index in [1.807, 2.05) is 17.9 Å². The van der Waals surface area contributed by atoms with Crippen molar-refractivity contribution in [3.05, 3.63) is 17.5 Å². The largest absolute Gasteiger partial charge is 0.349 e. The number of hydrogen-bond donors (Lipinski definition) is 2. The Balaban J connectivity index is 1.68. The molecule has 5 nitrogen and oxygen atoms in total. The first kappa shape index (κ1) is 12.7. The summed E-state index contributed by atoms with van der Waals surface area (Å²) in [5.41, 5.74) is 2.49. The van der Waals surface area contributed by atoms with E-state index in [0.717, 1.165) is 45.2 Å². The highest BCUT2D eigenvalue weighted by atomic mass is 16.2. The molecule has 3 rings (SSSR count). The Bertz CT molecular complexity index is 462. The Morgan fingerprint density at radius 1 is 1.47 bits per heavy atom. The summed E-state index contributed by atoms with van der Waals surface area (Å²) < 4.78 is 1.94. The molecule has 0 radical (unpaired) electrons. The van der Waals surface area contributed by atoms with Crippen molar-refractivity contribution < 1.29 is 4.79 Å². The second-order valence-corrected chi connectivity index (χ2v) is 5.67.